The summed E-state index contributed by atoms with van der Waals surface area (Å²) in [6.45, 7) is 1.85. The number of nitrogens with zero attached hydrogens (tertiary/aromatic N) is 2. The average molecular weight is 161 g/mol. The van der Waals surface area contributed by atoms with Crippen molar-refractivity contribution in [2.24, 2.45) is 0 Å². The van der Waals surface area contributed by atoms with Gasteiger partial charge in [0.25, 0.3) is 0 Å². The highest BCUT2D eigenvalue weighted by Gasteiger charge is 1.97. The van der Waals surface area contributed by atoms with Gasteiger partial charge in [-0.05, 0) is 13.0 Å². The van der Waals surface area contributed by atoms with Crippen molar-refractivity contribution in [1.29, 1.82) is 0 Å². The normalized spacial score (nSPS) is 10.4. The Hall–Kier alpha value is -1.71. The lowest BCUT2D eigenvalue weighted by atomic mass is 10.2. The number of fused-ring (bicyclic) bond motifs is 1. The fourth-order valence-electron chi connectivity index (χ4n) is 1.13. The summed E-state index contributed by atoms with van der Waals surface area (Å²) in [4.78, 5) is 13.6. The molecule has 0 aliphatic carbocycles. The first kappa shape index (κ1) is 6.97. The summed E-state index contributed by atoms with van der Waals surface area (Å²) in [5.74, 6) is 0. The predicted molar refractivity (Wildman–Crippen MR) is 44.9 cm³/mol. The summed E-state index contributed by atoms with van der Waals surface area (Å²) in [6, 6.07) is 3.23. The molecular weight excluding hydrogens is 154 g/mol. The van der Waals surface area contributed by atoms with Crippen molar-refractivity contribution in [1.82, 2.24) is 15.2 Å². The Balaban J connectivity index is 2.96. The topological polar surface area (TPSA) is 58.6 Å². The van der Waals surface area contributed by atoms with Crippen LogP contribution < -0.4 is 5.56 Å². The fourth-order valence-corrected chi connectivity index (χ4v) is 1.13. The molecule has 0 saturated carbocycles. The first-order chi connectivity index (χ1) is 5.77. The number of pyridine rings is 1. The highest BCUT2D eigenvalue weighted by atomic mass is 16.1. The molecule has 0 atom stereocenters. The predicted octanol–water partition coefficient (Wildman–Crippen LogP) is 0.627. The molecule has 0 aromatic carbocycles. The molecule has 0 aliphatic rings. The molecule has 0 unspecified atom stereocenters. The molecule has 4 heteroatoms. The van der Waals surface area contributed by atoms with Crippen LogP contribution in [0.5, 0.6) is 0 Å². The third kappa shape index (κ3) is 0.972. The largest absolute Gasteiger partial charge is 0.321 e. The molecule has 0 bridgehead atoms. The highest BCUT2D eigenvalue weighted by Crippen LogP contribution is 2.08. The van der Waals surface area contributed by atoms with Crippen LogP contribution in [0.3, 0.4) is 0 Å². The summed E-state index contributed by atoms with van der Waals surface area (Å²) in [5, 5.41) is 8.53. The molecule has 2 aromatic rings. The van der Waals surface area contributed by atoms with E-state index in [2.05, 4.69) is 15.2 Å². The van der Waals surface area contributed by atoms with E-state index < -0.39 is 0 Å². The van der Waals surface area contributed by atoms with E-state index in [4.69, 9.17) is 0 Å². The molecule has 2 rings (SSSR count). The second-order valence-electron chi connectivity index (χ2n) is 2.58. The Kier molecular flexibility index (Phi) is 1.40. The van der Waals surface area contributed by atoms with Crippen LogP contribution in [0, 0.1) is 6.92 Å². The second-order valence-corrected chi connectivity index (χ2v) is 2.58. The maximum Gasteiger partial charge on any atom is 0.248 e. The first-order valence-electron chi connectivity index (χ1n) is 3.59. The zero-order valence-corrected chi connectivity index (χ0v) is 6.53. The third-order valence-corrected chi connectivity index (χ3v) is 1.73. The molecule has 0 spiro atoms. The van der Waals surface area contributed by atoms with Gasteiger partial charge >= 0.3 is 0 Å². The average Bonchev–Trinajstić information content (AvgIpc) is 2.04. The number of H-pyrrole nitrogens is 1. The van der Waals surface area contributed by atoms with Gasteiger partial charge in [0.05, 0.1) is 17.4 Å². The zero-order valence-electron chi connectivity index (χ0n) is 6.53. The van der Waals surface area contributed by atoms with Crippen molar-refractivity contribution in [2.45, 2.75) is 6.92 Å². The van der Waals surface area contributed by atoms with E-state index in [9.17, 15) is 4.79 Å². The highest BCUT2D eigenvalue weighted by molar-refractivity contribution is 5.79. The van der Waals surface area contributed by atoms with Gasteiger partial charge in [0.15, 0.2) is 0 Å². The molecule has 1 N–H and O–H groups in total. The molecule has 2 aromatic heterocycles. The number of aromatic amines is 1. The summed E-state index contributed by atoms with van der Waals surface area (Å²) in [5.41, 5.74) is 1.44. The van der Waals surface area contributed by atoms with Gasteiger partial charge in [-0.25, -0.2) is 0 Å². The molecule has 4 nitrogen and oxygen atoms in total. The van der Waals surface area contributed by atoms with Crippen molar-refractivity contribution >= 4 is 10.9 Å². The van der Waals surface area contributed by atoms with Gasteiger partial charge in [-0.15, -0.1) is 0 Å². The number of rotatable bonds is 0. The molecule has 0 amide bonds. The number of aromatic nitrogens is 3. The Morgan fingerprint density at radius 1 is 1.42 bits per heavy atom. The number of aryl methyl sites for hydroxylation is 1. The van der Waals surface area contributed by atoms with Gasteiger partial charge < -0.3 is 4.98 Å². The zero-order chi connectivity index (χ0) is 8.55. The summed E-state index contributed by atoms with van der Waals surface area (Å²) < 4.78 is 0. The lowest BCUT2D eigenvalue weighted by molar-refractivity contribution is 0.995. The van der Waals surface area contributed by atoms with E-state index in [1.807, 2.05) is 6.92 Å². The monoisotopic (exact) mass is 161 g/mol. The van der Waals surface area contributed by atoms with E-state index in [1.54, 1.807) is 12.3 Å². The van der Waals surface area contributed by atoms with Crippen molar-refractivity contribution < 1.29 is 0 Å². The molecule has 60 valence electrons. The van der Waals surface area contributed by atoms with Crippen LogP contribution in [0.2, 0.25) is 0 Å². The quantitative estimate of drug-likeness (QED) is 0.616. The number of nitrogens with one attached hydrogen (secondary N) is 1. The minimum atomic E-state index is -0.116. The van der Waals surface area contributed by atoms with E-state index >= 15 is 0 Å². The molecule has 0 radical (unpaired) electrons. The minimum absolute atomic E-state index is 0.116. The van der Waals surface area contributed by atoms with Crippen LogP contribution in [0.15, 0.2) is 23.1 Å². The van der Waals surface area contributed by atoms with Crippen molar-refractivity contribution in [3.63, 3.8) is 0 Å². The van der Waals surface area contributed by atoms with Crippen LogP contribution in [0.1, 0.15) is 5.69 Å². The van der Waals surface area contributed by atoms with Crippen LogP contribution in [-0.2, 0) is 0 Å². The van der Waals surface area contributed by atoms with Crippen molar-refractivity contribution in [2.75, 3.05) is 0 Å². The summed E-state index contributed by atoms with van der Waals surface area (Å²) in [6.07, 6.45) is 1.55. The van der Waals surface area contributed by atoms with Gasteiger partial charge in [-0.3, -0.25) is 4.79 Å². The molecule has 0 saturated heterocycles. The lowest BCUT2D eigenvalue weighted by Gasteiger charge is -1.96. The van der Waals surface area contributed by atoms with Crippen LogP contribution in [0.25, 0.3) is 10.9 Å². The van der Waals surface area contributed by atoms with Crippen molar-refractivity contribution in [3.05, 3.63) is 34.4 Å². The van der Waals surface area contributed by atoms with Gasteiger partial charge in [0.1, 0.15) is 0 Å². The number of hydrogen-bond acceptors (Lipinski definition) is 3. The smallest absolute Gasteiger partial charge is 0.248 e. The Bertz CT molecular complexity index is 475. The Morgan fingerprint density at radius 2 is 2.25 bits per heavy atom. The van der Waals surface area contributed by atoms with E-state index in [1.165, 1.54) is 6.07 Å². The van der Waals surface area contributed by atoms with Crippen LogP contribution in [-0.4, -0.2) is 15.2 Å². The fraction of sp³-hybridized carbons (Fsp3) is 0.125. The maximum absolute atomic E-state index is 10.9. The molecule has 0 fully saturated rings. The van der Waals surface area contributed by atoms with Gasteiger partial charge in [0, 0.05) is 11.5 Å². The lowest BCUT2D eigenvalue weighted by Crippen LogP contribution is -2.03. The summed E-state index contributed by atoms with van der Waals surface area (Å²) >= 11 is 0. The van der Waals surface area contributed by atoms with Crippen molar-refractivity contribution in [3.8, 4) is 0 Å². The third-order valence-electron chi connectivity index (χ3n) is 1.73. The SMILES string of the molecule is Cc1nncc2[nH]c(=O)ccc12. The van der Waals surface area contributed by atoms with Gasteiger partial charge in [0.2, 0.25) is 5.56 Å². The molecular formula is C8H7N3O. The minimum Gasteiger partial charge on any atom is -0.321 e. The van der Waals surface area contributed by atoms with E-state index in [0.29, 0.717) is 0 Å². The Labute approximate surface area is 68.3 Å². The van der Waals surface area contributed by atoms with E-state index in [0.717, 1.165) is 16.6 Å². The van der Waals surface area contributed by atoms with Gasteiger partial charge in [-0.2, -0.15) is 10.2 Å². The van der Waals surface area contributed by atoms with Crippen LogP contribution in [0.4, 0.5) is 0 Å². The summed E-state index contributed by atoms with van der Waals surface area (Å²) in [7, 11) is 0. The molecule has 0 aliphatic heterocycles. The first-order valence-corrected chi connectivity index (χ1v) is 3.59. The molecule has 2 heterocycles. The number of hydrogen-bond donors (Lipinski definition) is 1. The standard InChI is InChI=1S/C8H7N3O/c1-5-6-2-3-8(12)10-7(6)4-9-11-5/h2-4H,1H3,(H,10,12). The Morgan fingerprint density at radius 3 is 3.08 bits per heavy atom. The molecule has 12 heavy (non-hydrogen) atoms. The van der Waals surface area contributed by atoms with E-state index in [-0.39, 0.29) is 5.56 Å². The van der Waals surface area contributed by atoms with Crippen LogP contribution >= 0.6 is 0 Å². The van der Waals surface area contributed by atoms with Gasteiger partial charge in [-0.1, -0.05) is 0 Å². The second kappa shape index (κ2) is 2.41. The maximum atomic E-state index is 10.9.